The number of carbonyl (C=O) groups is 1. The second kappa shape index (κ2) is 8.39. The number of nitrogens with zero attached hydrogens (tertiary/aromatic N) is 2. The Balaban J connectivity index is 1.36. The smallest absolute Gasteiger partial charge is 0.408 e. The van der Waals surface area contributed by atoms with Gasteiger partial charge < -0.3 is 20.0 Å². The predicted molar refractivity (Wildman–Crippen MR) is 111 cm³/mol. The van der Waals surface area contributed by atoms with Crippen LogP contribution in [-0.4, -0.2) is 59.0 Å². The number of aromatic nitrogens is 1. The molecule has 8 heteroatoms. The minimum atomic E-state index is -0.606. The van der Waals surface area contributed by atoms with Gasteiger partial charge in [-0.3, -0.25) is 9.78 Å². The summed E-state index contributed by atoms with van der Waals surface area (Å²) in [4.78, 5) is 31.4. The van der Waals surface area contributed by atoms with Crippen LogP contribution in [0.15, 0.2) is 25.8 Å². The predicted octanol–water partition coefficient (Wildman–Crippen LogP) is 2.23. The number of oxazole rings is 1. The van der Waals surface area contributed by atoms with Crippen LogP contribution in [0.25, 0.3) is 11.1 Å². The van der Waals surface area contributed by atoms with E-state index in [-0.39, 0.29) is 5.91 Å². The second-order valence-corrected chi connectivity index (χ2v) is 8.77. The zero-order valence-electron chi connectivity index (χ0n) is 16.0. The first-order chi connectivity index (χ1) is 13.5. The maximum Gasteiger partial charge on any atom is 0.417 e. The van der Waals surface area contributed by atoms with E-state index in [1.807, 2.05) is 4.90 Å². The van der Waals surface area contributed by atoms with Gasteiger partial charge in [0.05, 0.1) is 11.6 Å². The summed E-state index contributed by atoms with van der Waals surface area (Å²) in [6.45, 7) is 3.95. The molecule has 1 unspecified atom stereocenters. The molecule has 0 spiro atoms. The molecule has 152 valence electrons. The molecule has 2 saturated heterocycles. The molecule has 0 bridgehead atoms. The number of halogens is 1. The molecule has 28 heavy (non-hydrogen) atoms. The topological polar surface area (TPSA) is 95.6 Å². The highest BCUT2D eigenvalue weighted by Gasteiger charge is 2.30. The summed E-state index contributed by atoms with van der Waals surface area (Å²) in [5.41, 5.74) is 8.22. The van der Waals surface area contributed by atoms with Gasteiger partial charge in [-0.15, -0.1) is 0 Å². The number of fused-ring (bicyclic) bond motifs is 1. The number of hydrogen-bond acceptors (Lipinski definition) is 5. The third-order valence-corrected chi connectivity index (χ3v) is 6.77. The first kappa shape index (κ1) is 19.7. The van der Waals surface area contributed by atoms with Gasteiger partial charge in [-0.1, -0.05) is 22.4 Å². The Morgan fingerprint density at radius 3 is 2.64 bits per heavy atom. The summed E-state index contributed by atoms with van der Waals surface area (Å²) in [5.74, 6) is -0.490. The quantitative estimate of drug-likeness (QED) is 0.744. The molecule has 4 rings (SSSR count). The van der Waals surface area contributed by atoms with Crippen molar-refractivity contribution in [3.05, 3.63) is 32.7 Å². The van der Waals surface area contributed by atoms with E-state index in [2.05, 4.69) is 25.8 Å². The van der Waals surface area contributed by atoms with Crippen molar-refractivity contribution in [3.8, 4) is 0 Å². The number of likely N-dealkylation sites (tertiary alicyclic amines) is 2. The largest absolute Gasteiger partial charge is 0.417 e. The third kappa shape index (κ3) is 4.18. The van der Waals surface area contributed by atoms with Crippen LogP contribution in [0, 0.1) is 0 Å². The fourth-order valence-electron chi connectivity index (χ4n) is 4.46. The number of aromatic amines is 1. The number of amides is 1. The van der Waals surface area contributed by atoms with Gasteiger partial charge in [0, 0.05) is 23.6 Å². The average molecular weight is 451 g/mol. The molecule has 0 radical (unpaired) electrons. The van der Waals surface area contributed by atoms with Crippen LogP contribution in [0.2, 0.25) is 0 Å². The van der Waals surface area contributed by atoms with Gasteiger partial charge in [-0.2, -0.15) is 0 Å². The molecule has 2 aromatic rings. The Hall–Kier alpha value is -1.64. The summed E-state index contributed by atoms with van der Waals surface area (Å²) in [6.07, 6.45) is 6.40. The van der Waals surface area contributed by atoms with E-state index in [4.69, 9.17) is 10.2 Å². The van der Waals surface area contributed by atoms with Crippen LogP contribution >= 0.6 is 15.9 Å². The lowest BCUT2D eigenvalue weighted by atomic mass is 9.98. The van der Waals surface area contributed by atoms with Crippen molar-refractivity contribution < 1.29 is 9.21 Å². The van der Waals surface area contributed by atoms with E-state index in [0.29, 0.717) is 23.6 Å². The third-order valence-electron chi connectivity index (χ3n) is 6.03. The Kier molecular flexibility index (Phi) is 5.89. The number of H-pyrrole nitrogens is 1. The van der Waals surface area contributed by atoms with Crippen molar-refractivity contribution in [1.82, 2.24) is 14.8 Å². The maximum atomic E-state index is 12.9. The molecule has 3 heterocycles. The van der Waals surface area contributed by atoms with Crippen LogP contribution in [-0.2, 0) is 11.2 Å². The van der Waals surface area contributed by atoms with E-state index >= 15 is 0 Å². The van der Waals surface area contributed by atoms with Crippen molar-refractivity contribution in [2.75, 3.05) is 26.2 Å². The minimum Gasteiger partial charge on any atom is -0.408 e. The molecule has 0 aliphatic carbocycles. The lowest BCUT2D eigenvalue weighted by molar-refractivity contribution is -0.134. The molecule has 1 amide bonds. The van der Waals surface area contributed by atoms with Crippen molar-refractivity contribution in [1.29, 1.82) is 0 Å². The molecule has 0 saturated carbocycles. The number of rotatable bonds is 4. The molecule has 1 aromatic heterocycles. The average Bonchev–Trinajstić information content (AvgIpc) is 3.07. The number of hydrogen-bond donors (Lipinski definition) is 2. The van der Waals surface area contributed by atoms with E-state index < -0.39 is 11.8 Å². The number of nitrogens with two attached hydrogens (primary N) is 1. The molecular formula is C20H27BrN4O3. The van der Waals surface area contributed by atoms with Crippen molar-refractivity contribution >= 4 is 32.9 Å². The molecule has 2 aliphatic rings. The molecular weight excluding hydrogens is 424 g/mol. The Bertz CT molecular complexity index is 894. The number of piperidine rings is 2. The molecule has 1 aromatic carbocycles. The van der Waals surface area contributed by atoms with Crippen molar-refractivity contribution in [2.45, 2.75) is 50.6 Å². The zero-order valence-corrected chi connectivity index (χ0v) is 17.5. The summed E-state index contributed by atoms with van der Waals surface area (Å²) in [5, 5.41) is 0. The highest BCUT2D eigenvalue weighted by molar-refractivity contribution is 9.10. The molecule has 1 atom stereocenters. The molecule has 3 N–H and O–H groups in total. The lowest BCUT2D eigenvalue weighted by Crippen LogP contribution is -2.52. The summed E-state index contributed by atoms with van der Waals surface area (Å²) < 4.78 is 5.93. The fraction of sp³-hybridized carbons (Fsp3) is 0.600. The van der Waals surface area contributed by atoms with Crippen LogP contribution in [0.3, 0.4) is 0 Å². The standard InChI is InChI=1S/C20H27BrN4O3/c21-15-12-17-18(28-20(27)23-17)11-13(15)10-16(22)19(26)25-8-4-14(5-9-25)24-6-2-1-3-7-24/h11-12,14,16H,1-10,22H2,(H,23,27). The van der Waals surface area contributed by atoms with Gasteiger partial charge in [0.25, 0.3) is 0 Å². The van der Waals surface area contributed by atoms with Crippen LogP contribution in [0.1, 0.15) is 37.7 Å². The fourth-order valence-corrected chi connectivity index (χ4v) is 4.97. The molecule has 7 nitrogen and oxygen atoms in total. The van der Waals surface area contributed by atoms with Gasteiger partial charge in [0.1, 0.15) is 0 Å². The number of carbonyl (C=O) groups excluding carboxylic acids is 1. The number of nitrogens with one attached hydrogen (secondary N) is 1. The monoisotopic (exact) mass is 450 g/mol. The zero-order chi connectivity index (χ0) is 19.7. The van der Waals surface area contributed by atoms with Crippen LogP contribution in [0.4, 0.5) is 0 Å². The van der Waals surface area contributed by atoms with Gasteiger partial charge in [-0.25, -0.2) is 4.79 Å². The van der Waals surface area contributed by atoms with E-state index in [0.717, 1.165) is 36.0 Å². The van der Waals surface area contributed by atoms with Gasteiger partial charge in [-0.05, 0) is 62.9 Å². The summed E-state index contributed by atoms with van der Waals surface area (Å²) in [6, 6.07) is 3.56. The Morgan fingerprint density at radius 1 is 1.21 bits per heavy atom. The highest BCUT2D eigenvalue weighted by atomic mass is 79.9. The highest BCUT2D eigenvalue weighted by Crippen LogP contribution is 2.25. The van der Waals surface area contributed by atoms with Gasteiger partial charge in [0.2, 0.25) is 5.91 Å². The van der Waals surface area contributed by atoms with Gasteiger partial charge in [0.15, 0.2) is 5.58 Å². The second-order valence-electron chi connectivity index (χ2n) is 7.92. The summed E-state index contributed by atoms with van der Waals surface area (Å²) >= 11 is 3.50. The molecule has 2 fully saturated rings. The SMILES string of the molecule is NC(Cc1cc2oc(=O)[nH]c2cc1Br)C(=O)N1CCC(N2CCCCC2)CC1. The molecule has 2 aliphatic heterocycles. The van der Waals surface area contributed by atoms with E-state index in [9.17, 15) is 9.59 Å². The Labute approximate surface area is 172 Å². The normalized spacial score (nSPS) is 20.6. The van der Waals surface area contributed by atoms with Gasteiger partial charge >= 0.3 is 5.76 Å². The summed E-state index contributed by atoms with van der Waals surface area (Å²) in [7, 11) is 0. The first-order valence-corrected chi connectivity index (χ1v) is 10.9. The first-order valence-electron chi connectivity index (χ1n) is 10.1. The van der Waals surface area contributed by atoms with Crippen molar-refractivity contribution in [2.24, 2.45) is 5.73 Å². The van der Waals surface area contributed by atoms with Crippen LogP contribution in [0.5, 0.6) is 0 Å². The minimum absolute atomic E-state index is 0.000359. The maximum absolute atomic E-state index is 12.9. The van der Waals surface area contributed by atoms with Crippen LogP contribution < -0.4 is 11.5 Å². The lowest BCUT2D eigenvalue weighted by Gasteiger charge is -2.40. The Morgan fingerprint density at radius 2 is 1.93 bits per heavy atom. The number of benzene rings is 1. The van der Waals surface area contributed by atoms with Crippen molar-refractivity contribution in [3.63, 3.8) is 0 Å². The van der Waals surface area contributed by atoms with E-state index in [1.165, 1.54) is 32.4 Å². The van der Waals surface area contributed by atoms with E-state index in [1.54, 1.807) is 12.1 Å².